The number of carbonyl (C=O) groups excluding carboxylic acids is 2. The van der Waals surface area contributed by atoms with E-state index in [1.807, 2.05) is 6.07 Å². The van der Waals surface area contributed by atoms with Crippen LogP contribution in [0.25, 0.3) is 0 Å². The molecule has 21 heavy (non-hydrogen) atoms. The third kappa shape index (κ3) is 3.26. The Kier molecular flexibility index (Phi) is 4.67. The molecule has 3 N–H and O–H groups in total. The van der Waals surface area contributed by atoms with Crippen molar-refractivity contribution in [2.24, 2.45) is 5.92 Å². The Labute approximate surface area is 124 Å². The molecule has 0 bridgehead atoms. The van der Waals surface area contributed by atoms with Crippen LogP contribution in [0.5, 0.6) is 0 Å². The Bertz CT molecular complexity index is 545. The van der Waals surface area contributed by atoms with Crippen LogP contribution in [-0.2, 0) is 9.53 Å². The maximum absolute atomic E-state index is 11.8. The minimum absolute atomic E-state index is 0.0246. The molecule has 1 amide bonds. The smallest absolute Gasteiger partial charge is 0.337 e. The molecule has 1 aromatic rings. The Hall–Kier alpha value is -2.24. The standard InChI is InChI=1S/C15H21N3O3/c1-17-14(19)11-4-3-7-18(9-11)13-6-5-10(8-12(13)16)15(20)21-2/h5-6,8,11H,3-4,7,9,16H2,1-2H3,(H,17,19). The van der Waals surface area contributed by atoms with Crippen molar-refractivity contribution in [2.75, 3.05) is 37.9 Å². The highest BCUT2D eigenvalue weighted by Crippen LogP contribution is 2.29. The fraction of sp³-hybridized carbons (Fsp3) is 0.467. The molecular formula is C15H21N3O3. The number of hydrogen-bond acceptors (Lipinski definition) is 5. The zero-order valence-electron chi connectivity index (χ0n) is 12.4. The number of carbonyl (C=O) groups is 2. The molecule has 0 aliphatic carbocycles. The van der Waals surface area contributed by atoms with E-state index in [1.54, 1.807) is 19.2 Å². The molecule has 1 fully saturated rings. The monoisotopic (exact) mass is 291 g/mol. The maximum Gasteiger partial charge on any atom is 0.337 e. The van der Waals surface area contributed by atoms with E-state index in [0.29, 0.717) is 17.8 Å². The van der Waals surface area contributed by atoms with E-state index in [2.05, 4.69) is 15.0 Å². The van der Waals surface area contributed by atoms with Gasteiger partial charge in [-0.05, 0) is 31.0 Å². The Morgan fingerprint density at radius 2 is 2.19 bits per heavy atom. The van der Waals surface area contributed by atoms with Gasteiger partial charge in [-0.25, -0.2) is 4.79 Å². The Morgan fingerprint density at radius 3 is 2.81 bits per heavy atom. The van der Waals surface area contributed by atoms with Gasteiger partial charge in [0.25, 0.3) is 0 Å². The van der Waals surface area contributed by atoms with Crippen molar-refractivity contribution in [1.29, 1.82) is 0 Å². The van der Waals surface area contributed by atoms with Crippen molar-refractivity contribution in [1.82, 2.24) is 5.32 Å². The lowest BCUT2D eigenvalue weighted by Crippen LogP contribution is -2.42. The summed E-state index contributed by atoms with van der Waals surface area (Å²) in [5, 5.41) is 2.69. The van der Waals surface area contributed by atoms with E-state index >= 15 is 0 Å². The van der Waals surface area contributed by atoms with Crippen LogP contribution in [0.3, 0.4) is 0 Å². The van der Waals surface area contributed by atoms with Crippen LogP contribution in [0.2, 0.25) is 0 Å². The summed E-state index contributed by atoms with van der Waals surface area (Å²) in [7, 11) is 2.99. The molecule has 6 nitrogen and oxygen atoms in total. The number of anilines is 2. The lowest BCUT2D eigenvalue weighted by Gasteiger charge is -2.34. The fourth-order valence-electron chi connectivity index (χ4n) is 2.70. The number of nitrogens with one attached hydrogen (secondary N) is 1. The van der Waals surface area contributed by atoms with Gasteiger partial charge in [0, 0.05) is 20.1 Å². The van der Waals surface area contributed by atoms with Crippen LogP contribution in [0, 0.1) is 5.92 Å². The van der Waals surface area contributed by atoms with E-state index in [1.165, 1.54) is 7.11 Å². The van der Waals surface area contributed by atoms with E-state index in [9.17, 15) is 9.59 Å². The minimum Gasteiger partial charge on any atom is -0.465 e. The second-order valence-corrected chi connectivity index (χ2v) is 5.16. The first-order chi connectivity index (χ1) is 10.1. The number of nitrogen functional groups attached to an aromatic ring is 1. The lowest BCUT2D eigenvalue weighted by molar-refractivity contribution is -0.124. The molecule has 1 aromatic carbocycles. The van der Waals surface area contributed by atoms with Gasteiger partial charge in [-0.3, -0.25) is 4.79 Å². The van der Waals surface area contributed by atoms with Crippen LogP contribution < -0.4 is 16.0 Å². The predicted molar refractivity (Wildman–Crippen MR) is 81.2 cm³/mol. The maximum atomic E-state index is 11.8. The summed E-state index contributed by atoms with van der Waals surface area (Å²) in [6, 6.07) is 5.12. The highest BCUT2D eigenvalue weighted by atomic mass is 16.5. The number of methoxy groups -OCH3 is 1. The van der Waals surface area contributed by atoms with Gasteiger partial charge in [0.2, 0.25) is 5.91 Å². The quantitative estimate of drug-likeness (QED) is 0.641. The fourth-order valence-corrected chi connectivity index (χ4v) is 2.70. The highest BCUT2D eigenvalue weighted by molar-refractivity contribution is 5.92. The van der Waals surface area contributed by atoms with Crippen LogP contribution in [0.15, 0.2) is 18.2 Å². The van der Waals surface area contributed by atoms with Crippen LogP contribution in [-0.4, -0.2) is 39.1 Å². The summed E-state index contributed by atoms with van der Waals surface area (Å²) in [5.41, 5.74) is 7.86. The molecule has 0 spiro atoms. The van der Waals surface area contributed by atoms with Crippen molar-refractivity contribution < 1.29 is 14.3 Å². The Morgan fingerprint density at radius 1 is 1.43 bits per heavy atom. The Balaban J connectivity index is 2.18. The van der Waals surface area contributed by atoms with Gasteiger partial charge in [0.05, 0.1) is 30.0 Å². The molecular weight excluding hydrogens is 270 g/mol. The van der Waals surface area contributed by atoms with Crippen molar-refractivity contribution in [3.63, 3.8) is 0 Å². The number of esters is 1. The summed E-state index contributed by atoms with van der Waals surface area (Å²) in [6.07, 6.45) is 1.83. The molecule has 1 saturated heterocycles. The summed E-state index contributed by atoms with van der Waals surface area (Å²) < 4.78 is 4.68. The molecule has 1 atom stereocenters. The van der Waals surface area contributed by atoms with Crippen LogP contribution >= 0.6 is 0 Å². The zero-order chi connectivity index (χ0) is 15.4. The van der Waals surface area contributed by atoms with Crippen LogP contribution in [0.1, 0.15) is 23.2 Å². The number of piperidine rings is 1. The van der Waals surface area contributed by atoms with E-state index < -0.39 is 5.97 Å². The average molecular weight is 291 g/mol. The number of nitrogens with zero attached hydrogens (tertiary/aromatic N) is 1. The van der Waals surface area contributed by atoms with Gasteiger partial charge < -0.3 is 20.7 Å². The number of hydrogen-bond donors (Lipinski definition) is 2. The third-order valence-corrected chi connectivity index (χ3v) is 3.83. The number of rotatable bonds is 3. The number of ether oxygens (including phenoxy) is 1. The van der Waals surface area contributed by atoms with E-state index in [4.69, 9.17) is 5.73 Å². The first-order valence-electron chi connectivity index (χ1n) is 7.01. The van der Waals surface area contributed by atoms with Crippen LogP contribution in [0.4, 0.5) is 11.4 Å². The molecule has 0 aromatic heterocycles. The van der Waals surface area contributed by atoms with Gasteiger partial charge in [-0.2, -0.15) is 0 Å². The first kappa shape index (κ1) is 15.2. The third-order valence-electron chi connectivity index (χ3n) is 3.83. The molecule has 0 saturated carbocycles. The number of benzene rings is 1. The first-order valence-corrected chi connectivity index (χ1v) is 7.01. The van der Waals surface area contributed by atoms with Gasteiger partial charge >= 0.3 is 5.97 Å². The van der Waals surface area contributed by atoms with Crippen molar-refractivity contribution in [3.05, 3.63) is 23.8 Å². The SMILES string of the molecule is CNC(=O)C1CCCN(c2ccc(C(=O)OC)cc2N)C1. The molecule has 1 heterocycles. The largest absolute Gasteiger partial charge is 0.465 e. The highest BCUT2D eigenvalue weighted by Gasteiger charge is 2.26. The summed E-state index contributed by atoms with van der Waals surface area (Å²) in [4.78, 5) is 25.4. The van der Waals surface area contributed by atoms with E-state index in [0.717, 1.165) is 25.1 Å². The number of amides is 1. The second-order valence-electron chi connectivity index (χ2n) is 5.16. The van der Waals surface area contributed by atoms with E-state index in [-0.39, 0.29) is 11.8 Å². The van der Waals surface area contributed by atoms with Gasteiger partial charge in [0.1, 0.15) is 0 Å². The van der Waals surface area contributed by atoms with Crippen molar-refractivity contribution in [2.45, 2.75) is 12.8 Å². The number of nitrogens with two attached hydrogens (primary N) is 1. The molecule has 1 aliphatic rings. The molecule has 1 aliphatic heterocycles. The topological polar surface area (TPSA) is 84.7 Å². The minimum atomic E-state index is -0.407. The summed E-state index contributed by atoms with van der Waals surface area (Å²) >= 11 is 0. The van der Waals surface area contributed by atoms with Gasteiger partial charge in [0.15, 0.2) is 0 Å². The lowest BCUT2D eigenvalue weighted by atomic mass is 9.96. The van der Waals surface area contributed by atoms with Crippen molar-refractivity contribution >= 4 is 23.3 Å². The molecule has 6 heteroatoms. The molecule has 1 unspecified atom stereocenters. The molecule has 114 valence electrons. The summed E-state index contributed by atoms with van der Waals surface area (Å²) in [6.45, 7) is 1.50. The van der Waals surface area contributed by atoms with Gasteiger partial charge in [-0.1, -0.05) is 0 Å². The normalized spacial score (nSPS) is 18.2. The second kappa shape index (κ2) is 6.47. The van der Waals surface area contributed by atoms with Crippen molar-refractivity contribution in [3.8, 4) is 0 Å². The predicted octanol–water partition coefficient (Wildman–Crippen LogP) is 1.02. The molecule has 2 rings (SSSR count). The zero-order valence-corrected chi connectivity index (χ0v) is 12.4. The summed E-state index contributed by atoms with van der Waals surface area (Å²) in [5.74, 6) is -0.372. The average Bonchev–Trinajstić information content (AvgIpc) is 2.53. The molecule has 0 radical (unpaired) electrons. The van der Waals surface area contributed by atoms with Gasteiger partial charge in [-0.15, -0.1) is 0 Å².